The molecule has 0 unspecified atom stereocenters. The lowest BCUT2D eigenvalue weighted by Crippen LogP contribution is -2.37. The molecule has 1 aromatic carbocycles. The highest BCUT2D eigenvalue weighted by atomic mass is 19.1. The highest BCUT2D eigenvalue weighted by Gasteiger charge is 2.36. The van der Waals surface area contributed by atoms with Gasteiger partial charge in [-0.2, -0.15) is 0 Å². The van der Waals surface area contributed by atoms with Crippen LogP contribution in [0, 0.1) is 5.82 Å². The second kappa shape index (κ2) is 6.55. The summed E-state index contributed by atoms with van der Waals surface area (Å²) >= 11 is 0. The van der Waals surface area contributed by atoms with E-state index >= 15 is 0 Å². The van der Waals surface area contributed by atoms with E-state index in [9.17, 15) is 4.39 Å². The van der Waals surface area contributed by atoms with Crippen molar-refractivity contribution in [1.29, 1.82) is 0 Å². The minimum absolute atomic E-state index is 0.0835. The molecule has 0 aromatic heterocycles. The number of hydrogen-bond donors (Lipinski definition) is 1. The molecule has 1 aliphatic rings. The van der Waals surface area contributed by atoms with Gasteiger partial charge >= 0.3 is 0 Å². The van der Waals surface area contributed by atoms with E-state index in [1.807, 2.05) is 6.07 Å². The number of ether oxygens (including phenoxy) is 2. The summed E-state index contributed by atoms with van der Waals surface area (Å²) < 4.78 is 24.6. The van der Waals surface area contributed by atoms with Gasteiger partial charge in [0.15, 0.2) is 0 Å². The maximum absolute atomic E-state index is 14.0. The van der Waals surface area contributed by atoms with Crippen molar-refractivity contribution in [3.05, 3.63) is 29.1 Å². The lowest BCUT2D eigenvalue weighted by atomic mass is 9.69. The lowest BCUT2D eigenvalue weighted by molar-refractivity contribution is 0.176. The van der Waals surface area contributed by atoms with Gasteiger partial charge in [-0.15, -0.1) is 0 Å². The van der Waals surface area contributed by atoms with Crippen molar-refractivity contribution in [3.8, 4) is 5.75 Å². The van der Waals surface area contributed by atoms with Crippen molar-refractivity contribution in [2.75, 3.05) is 20.8 Å². The quantitative estimate of drug-likeness (QED) is 0.901. The fourth-order valence-electron chi connectivity index (χ4n) is 3.35. The molecule has 0 amide bonds. The number of hydrogen-bond acceptors (Lipinski definition) is 3. The SMILES string of the molecule is COCc1c(F)ccc(C2(CN)CCCCC2)c1OC. The average molecular weight is 281 g/mol. The van der Waals surface area contributed by atoms with Crippen LogP contribution < -0.4 is 10.5 Å². The van der Waals surface area contributed by atoms with E-state index in [1.54, 1.807) is 14.2 Å². The van der Waals surface area contributed by atoms with Crippen LogP contribution in [0.25, 0.3) is 0 Å². The second-order valence-corrected chi connectivity index (χ2v) is 5.58. The molecule has 20 heavy (non-hydrogen) atoms. The topological polar surface area (TPSA) is 44.5 Å². The Hall–Kier alpha value is -1.13. The number of halogens is 1. The van der Waals surface area contributed by atoms with Crippen LogP contribution in [-0.4, -0.2) is 20.8 Å². The van der Waals surface area contributed by atoms with Gasteiger partial charge in [-0.25, -0.2) is 4.39 Å². The largest absolute Gasteiger partial charge is 0.496 e. The molecule has 0 heterocycles. The first kappa shape index (κ1) is 15.3. The Balaban J connectivity index is 2.51. The number of rotatable bonds is 5. The Kier molecular flexibility index (Phi) is 5.00. The molecular formula is C16H24FNO2. The van der Waals surface area contributed by atoms with Gasteiger partial charge in [0.05, 0.1) is 19.3 Å². The minimum Gasteiger partial charge on any atom is -0.496 e. The van der Waals surface area contributed by atoms with Gasteiger partial charge in [0.25, 0.3) is 0 Å². The molecule has 2 N–H and O–H groups in total. The zero-order valence-electron chi connectivity index (χ0n) is 12.4. The van der Waals surface area contributed by atoms with Crippen LogP contribution in [0.3, 0.4) is 0 Å². The molecule has 4 heteroatoms. The smallest absolute Gasteiger partial charge is 0.132 e. The molecule has 0 saturated heterocycles. The first-order chi connectivity index (χ1) is 9.68. The van der Waals surface area contributed by atoms with Crippen molar-refractivity contribution in [2.45, 2.75) is 44.1 Å². The average Bonchev–Trinajstić information content (AvgIpc) is 2.50. The van der Waals surface area contributed by atoms with Crippen LogP contribution in [0.4, 0.5) is 4.39 Å². The molecular weight excluding hydrogens is 257 g/mol. The lowest BCUT2D eigenvalue weighted by Gasteiger charge is -2.38. The molecule has 1 aliphatic carbocycles. The van der Waals surface area contributed by atoms with E-state index in [0.717, 1.165) is 31.2 Å². The first-order valence-electron chi connectivity index (χ1n) is 7.23. The molecule has 0 atom stereocenters. The first-order valence-corrected chi connectivity index (χ1v) is 7.23. The van der Waals surface area contributed by atoms with E-state index in [-0.39, 0.29) is 17.8 Å². The van der Waals surface area contributed by atoms with Crippen LogP contribution in [0.5, 0.6) is 5.75 Å². The summed E-state index contributed by atoms with van der Waals surface area (Å²) in [7, 11) is 3.15. The molecule has 1 fully saturated rings. The summed E-state index contributed by atoms with van der Waals surface area (Å²) in [5.74, 6) is 0.328. The minimum atomic E-state index is -0.282. The van der Waals surface area contributed by atoms with Gasteiger partial charge in [-0.05, 0) is 18.9 Å². The third-order valence-corrected chi connectivity index (χ3v) is 4.47. The monoisotopic (exact) mass is 281 g/mol. The Labute approximate surface area is 120 Å². The van der Waals surface area contributed by atoms with Gasteiger partial charge in [0.1, 0.15) is 11.6 Å². The fourth-order valence-corrected chi connectivity index (χ4v) is 3.35. The van der Waals surface area contributed by atoms with Crippen LogP contribution in [0.1, 0.15) is 43.2 Å². The third-order valence-electron chi connectivity index (χ3n) is 4.47. The Bertz CT molecular complexity index is 456. The molecule has 0 spiro atoms. The third kappa shape index (κ3) is 2.67. The molecule has 2 rings (SSSR count). The van der Waals surface area contributed by atoms with E-state index < -0.39 is 0 Å². The molecule has 3 nitrogen and oxygen atoms in total. The van der Waals surface area contributed by atoms with E-state index in [0.29, 0.717) is 17.9 Å². The van der Waals surface area contributed by atoms with Gasteiger partial charge in [-0.3, -0.25) is 0 Å². The summed E-state index contributed by atoms with van der Waals surface area (Å²) in [5, 5.41) is 0. The second-order valence-electron chi connectivity index (χ2n) is 5.58. The maximum atomic E-state index is 14.0. The van der Waals surface area contributed by atoms with Gasteiger partial charge in [-0.1, -0.05) is 25.3 Å². The number of methoxy groups -OCH3 is 2. The fraction of sp³-hybridized carbons (Fsp3) is 0.625. The summed E-state index contributed by atoms with van der Waals surface area (Å²) in [5.41, 5.74) is 7.52. The molecule has 0 bridgehead atoms. The highest BCUT2D eigenvalue weighted by molar-refractivity contribution is 5.47. The van der Waals surface area contributed by atoms with Gasteiger partial charge in [0, 0.05) is 24.6 Å². The molecule has 112 valence electrons. The normalized spacial score (nSPS) is 18.0. The molecule has 1 aromatic rings. The maximum Gasteiger partial charge on any atom is 0.132 e. The Morgan fingerprint density at radius 2 is 1.90 bits per heavy atom. The zero-order valence-corrected chi connectivity index (χ0v) is 12.4. The van der Waals surface area contributed by atoms with Gasteiger partial charge in [0.2, 0.25) is 0 Å². The van der Waals surface area contributed by atoms with Crippen molar-refractivity contribution in [3.63, 3.8) is 0 Å². The molecule has 0 radical (unpaired) electrons. The summed E-state index contributed by atoms with van der Waals surface area (Å²) in [6.45, 7) is 0.783. The number of nitrogens with two attached hydrogens (primary N) is 1. The van der Waals surface area contributed by atoms with Crippen LogP contribution >= 0.6 is 0 Å². The Morgan fingerprint density at radius 3 is 2.45 bits per heavy atom. The van der Waals surface area contributed by atoms with E-state index in [1.165, 1.54) is 12.5 Å². The van der Waals surface area contributed by atoms with Crippen molar-refractivity contribution >= 4 is 0 Å². The van der Waals surface area contributed by atoms with Crippen LogP contribution in [0.2, 0.25) is 0 Å². The van der Waals surface area contributed by atoms with Crippen molar-refractivity contribution in [2.24, 2.45) is 5.73 Å². The van der Waals surface area contributed by atoms with E-state index in [2.05, 4.69) is 0 Å². The predicted octanol–water partition coefficient (Wildman–Crippen LogP) is 3.14. The van der Waals surface area contributed by atoms with Crippen LogP contribution in [-0.2, 0) is 16.8 Å². The number of benzene rings is 1. The van der Waals surface area contributed by atoms with E-state index in [4.69, 9.17) is 15.2 Å². The Morgan fingerprint density at radius 1 is 1.20 bits per heavy atom. The van der Waals surface area contributed by atoms with Gasteiger partial charge < -0.3 is 15.2 Å². The standard InChI is InChI=1S/C16H24FNO2/c1-19-10-12-14(17)7-6-13(15(12)20-2)16(11-18)8-4-3-5-9-16/h6-7H,3-5,8-11,18H2,1-2H3. The predicted molar refractivity (Wildman–Crippen MR) is 77.5 cm³/mol. The summed E-state index contributed by atoms with van der Waals surface area (Å²) in [6, 6.07) is 3.35. The zero-order chi connectivity index (χ0) is 14.6. The summed E-state index contributed by atoms with van der Waals surface area (Å²) in [4.78, 5) is 0. The molecule has 1 saturated carbocycles. The van der Waals surface area contributed by atoms with Crippen LogP contribution in [0.15, 0.2) is 12.1 Å². The highest BCUT2D eigenvalue weighted by Crippen LogP contribution is 2.44. The summed E-state index contributed by atoms with van der Waals surface area (Å²) in [6.07, 6.45) is 5.65. The molecule has 0 aliphatic heterocycles. The van der Waals surface area contributed by atoms with Crippen molar-refractivity contribution in [1.82, 2.24) is 0 Å². The van der Waals surface area contributed by atoms with Crippen molar-refractivity contribution < 1.29 is 13.9 Å².